The second-order valence-corrected chi connectivity index (χ2v) is 5.87. The highest BCUT2D eigenvalue weighted by Gasteiger charge is 2.16. The van der Waals surface area contributed by atoms with Crippen molar-refractivity contribution >= 4 is 28.7 Å². The van der Waals surface area contributed by atoms with Gasteiger partial charge in [0.15, 0.2) is 5.11 Å². The molecule has 0 saturated carbocycles. The van der Waals surface area contributed by atoms with Crippen LogP contribution < -0.4 is 15.8 Å². The zero-order chi connectivity index (χ0) is 15.9. The average molecular weight is 327 g/mol. The summed E-state index contributed by atoms with van der Waals surface area (Å²) in [5.74, 6) is 0. The maximum absolute atomic E-state index is 5.61. The van der Waals surface area contributed by atoms with Gasteiger partial charge in [-0.25, -0.2) is 0 Å². The van der Waals surface area contributed by atoms with Crippen molar-refractivity contribution in [1.29, 1.82) is 0 Å². The monoisotopic (exact) mass is 327 g/mol. The first kappa shape index (κ1) is 15.8. The molecule has 1 unspecified atom stereocenters. The molecule has 1 aliphatic heterocycles. The molecule has 3 rings (SSSR count). The molecule has 0 spiro atoms. The minimum absolute atomic E-state index is 0.261. The Bertz CT molecular complexity index is 575. The van der Waals surface area contributed by atoms with Crippen LogP contribution in [0.15, 0.2) is 60.7 Å². The van der Waals surface area contributed by atoms with Crippen LogP contribution in [0.3, 0.4) is 0 Å². The van der Waals surface area contributed by atoms with Gasteiger partial charge in [-0.1, -0.05) is 36.4 Å². The lowest BCUT2D eigenvalue weighted by atomic mass is 10.2. The summed E-state index contributed by atoms with van der Waals surface area (Å²) < 4.78 is 5.61. The molecule has 2 aromatic carbocycles. The van der Waals surface area contributed by atoms with Crippen molar-refractivity contribution in [2.24, 2.45) is 0 Å². The lowest BCUT2D eigenvalue weighted by Gasteiger charge is -2.27. The van der Waals surface area contributed by atoms with E-state index in [1.165, 1.54) is 0 Å². The average Bonchev–Trinajstić information content (AvgIpc) is 3.13. The highest BCUT2D eigenvalue weighted by Crippen LogP contribution is 2.22. The number of para-hydroxylation sites is 2. The minimum atomic E-state index is 0.261. The Morgan fingerprint density at radius 2 is 1.65 bits per heavy atom. The SMILES string of the molecule is S=C(NCC1CCCO1)NN(c1ccccc1)c1ccccc1. The molecule has 2 N–H and O–H groups in total. The Balaban J connectivity index is 1.67. The Morgan fingerprint density at radius 3 is 2.17 bits per heavy atom. The van der Waals surface area contributed by atoms with Crippen LogP contribution in [0.2, 0.25) is 0 Å². The smallest absolute Gasteiger partial charge is 0.185 e. The maximum atomic E-state index is 5.61. The van der Waals surface area contributed by atoms with Gasteiger partial charge in [-0.2, -0.15) is 0 Å². The predicted octanol–water partition coefficient (Wildman–Crippen LogP) is 3.38. The Kier molecular flexibility index (Phi) is 5.45. The van der Waals surface area contributed by atoms with E-state index in [0.717, 1.165) is 37.4 Å². The topological polar surface area (TPSA) is 36.5 Å². The van der Waals surface area contributed by atoms with E-state index in [-0.39, 0.29) is 6.10 Å². The number of ether oxygens (including phenoxy) is 1. The van der Waals surface area contributed by atoms with Gasteiger partial charge in [-0.05, 0) is 49.3 Å². The van der Waals surface area contributed by atoms with Crippen LogP contribution in [0.25, 0.3) is 0 Å². The number of anilines is 2. The fourth-order valence-corrected chi connectivity index (χ4v) is 2.76. The van der Waals surface area contributed by atoms with Crippen LogP contribution in [-0.2, 0) is 4.74 Å². The predicted molar refractivity (Wildman–Crippen MR) is 97.7 cm³/mol. The van der Waals surface area contributed by atoms with E-state index in [0.29, 0.717) is 5.11 Å². The standard InChI is InChI=1S/C18H21N3OS/c23-18(19-14-17-12-7-13-22-17)20-21(15-8-3-1-4-9-15)16-10-5-2-6-11-16/h1-6,8-11,17H,7,12-14H2,(H2,19,20,23). The van der Waals surface area contributed by atoms with Gasteiger partial charge >= 0.3 is 0 Å². The molecule has 23 heavy (non-hydrogen) atoms. The van der Waals surface area contributed by atoms with E-state index in [9.17, 15) is 0 Å². The van der Waals surface area contributed by atoms with Crippen molar-refractivity contribution in [3.63, 3.8) is 0 Å². The van der Waals surface area contributed by atoms with Gasteiger partial charge in [0.05, 0.1) is 17.5 Å². The second kappa shape index (κ2) is 7.94. The quantitative estimate of drug-likeness (QED) is 0.650. The third-order valence-electron chi connectivity index (χ3n) is 3.76. The molecule has 5 heteroatoms. The highest BCUT2D eigenvalue weighted by atomic mass is 32.1. The fraction of sp³-hybridized carbons (Fsp3) is 0.278. The summed E-state index contributed by atoms with van der Waals surface area (Å²) in [5, 5.41) is 5.82. The van der Waals surface area contributed by atoms with Crippen molar-refractivity contribution in [2.75, 3.05) is 18.2 Å². The summed E-state index contributed by atoms with van der Waals surface area (Å²) in [6.07, 6.45) is 2.49. The van der Waals surface area contributed by atoms with E-state index in [4.69, 9.17) is 17.0 Å². The summed E-state index contributed by atoms with van der Waals surface area (Å²) >= 11 is 5.45. The van der Waals surface area contributed by atoms with E-state index < -0.39 is 0 Å². The number of hydrogen-bond donors (Lipinski definition) is 2. The summed E-state index contributed by atoms with van der Waals surface area (Å²) in [6, 6.07) is 20.2. The molecule has 1 fully saturated rings. The molecule has 1 heterocycles. The number of thiocarbonyl (C=S) groups is 1. The number of nitrogens with zero attached hydrogens (tertiary/aromatic N) is 1. The van der Waals surface area contributed by atoms with E-state index in [2.05, 4.69) is 10.7 Å². The molecular weight excluding hydrogens is 306 g/mol. The Hall–Kier alpha value is -2.11. The van der Waals surface area contributed by atoms with Crippen molar-refractivity contribution in [3.05, 3.63) is 60.7 Å². The third-order valence-corrected chi connectivity index (χ3v) is 3.99. The van der Waals surface area contributed by atoms with Gasteiger partial charge in [0.2, 0.25) is 0 Å². The molecule has 0 radical (unpaired) electrons. The normalized spacial score (nSPS) is 16.8. The van der Waals surface area contributed by atoms with E-state index >= 15 is 0 Å². The zero-order valence-corrected chi connectivity index (χ0v) is 13.8. The third kappa shape index (κ3) is 4.43. The van der Waals surface area contributed by atoms with Gasteiger partial charge in [-0.15, -0.1) is 0 Å². The summed E-state index contributed by atoms with van der Waals surface area (Å²) in [6.45, 7) is 1.59. The van der Waals surface area contributed by atoms with Crippen molar-refractivity contribution < 1.29 is 4.74 Å². The first-order valence-corrected chi connectivity index (χ1v) is 8.30. The van der Waals surface area contributed by atoms with Gasteiger partial charge in [0.1, 0.15) is 0 Å². The minimum Gasteiger partial charge on any atom is -0.376 e. The van der Waals surface area contributed by atoms with Crippen molar-refractivity contribution in [2.45, 2.75) is 18.9 Å². The maximum Gasteiger partial charge on any atom is 0.185 e. The fourth-order valence-electron chi connectivity index (χ4n) is 2.59. The Labute approximate surface area is 142 Å². The van der Waals surface area contributed by atoms with Crippen LogP contribution in [0.1, 0.15) is 12.8 Å². The molecule has 1 aliphatic rings. The number of benzene rings is 2. The van der Waals surface area contributed by atoms with Gasteiger partial charge in [0, 0.05) is 13.2 Å². The molecule has 4 nitrogen and oxygen atoms in total. The summed E-state index contributed by atoms with van der Waals surface area (Å²) in [5.41, 5.74) is 5.33. The van der Waals surface area contributed by atoms with Crippen LogP contribution in [-0.4, -0.2) is 24.4 Å². The summed E-state index contributed by atoms with van der Waals surface area (Å²) in [7, 11) is 0. The van der Waals surface area contributed by atoms with Gasteiger partial charge in [-0.3, -0.25) is 10.4 Å². The molecule has 0 aromatic heterocycles. The number of rotatable bonds is 5. The van der Waals surface area contributed by atoms with Crippen LogP contribution in [0, 0.1) is 0 Å². The molecule has 2 aromatic rings. The van der Waals surface area contributed by atoms with Gasteiger partial charge < -0.3 is 10.1 Å². The summed E-state index contributed by atoms with van der Waals surface area (Å²) in [4.78, 5) is 0. The number of nitrogens with one attached hydrogen (secondary N) is 2. The molecule has 0 bridgehead atoms. The number of hydrazine groups is 1. The Morgan fingerprint density at radius 1 is 1.04 bits per heavy atom. The highest BCUT2D eigenvalue weighted by molar-refractivity contribution is 7.80. The second-order valence-electron chi connectivity index (χ2n) is 5.46. The van der Waals surface area contributed by atoms with Crippen molar-refractivity contribution in [3.8, 4) is 0 Å². The van der Waals surface area contributed by atoms with Crippen LogP contribution in [0.5, 0.6) is 0 Å². The van der Waals surface area contributed by atoms with Crippen molar-refractivity contribution in [1.82, 2.24) is 10.7 Å². The number of hydrogen-bond acceptors (Lipinski definition) is 3. The largest absolute Gasteiger partial charge is 0.376 e. The zero-order valence-electron chi connectivity index (χ0n) is 12.9. The molecule has 1 atom stereocenters. The molecular formula is C18H21N3OS. The van der Waals surface area contributed by atoms with E-state index in [1.807, 2.05) is 65.7 Å². The lowest BCUT2D eigenvalue weighted by Crippen LogP contribution is -2.46. The molecule has 0 aliphatic carbocycles. The van der Waals surface area contributed by atoms with Crippen LogP contribution >= 0.6 is 12.2 Å². The van der Waals surface area contributed by atoms with Crippen LogP contribution in [0.4, 0.5) is 11.4 Å². The molecule has 0 amide bonds. The van der Waals surface area contributed by atoms with Gasteiger partial charge in [0.25, 0.3) is 0 Å². The molecule has 120 valence electrons. The first-order valence-electron chi connectivity index (χ1n) is 7.89. The first-order chi connectivity index (χ1) is 11.3. The van der Waals surface area contributed by atoms with E-state index in [1.54, 1.807) is 0 Å². The molecule has 1 saturated heterocycles. The lowest BCUT2D eigenvalue weighted by molar-refractivity contribution is 0.114.